The number of fused-ring (bicyclic) bond motifs is 1. The van der Waals surface area contributed by atoms with Crippen LogP contribution in [0.3, 0.4) is 0 Å². The molecular weight excluding hydrogens is 348 g/mol. The minimum Gasteiger partial charge on any atom is -0.446 e. The molecule has 3 aromatic rings. The molecule has 134 valence electrons. The van der Waals surface area contributed by atoms with Gasteiger partial charge in [-0.2, -0.15) is 0 Å². The largest absolute Gasteiger partial charge is 0.446 e. The molecule has 0 bridgehead atoms. The molecule has 0 saturated carbocycles. The molecule has 3 heterocycles. The van der Waals surface area contributed by atoms with Crippen LogP contribution in [-0.4, -0.2) is 35.3 Å². The maximum absolute atomic E-state index is 11.0. The molecule has 4 rings (SSSR count). The summed E-state index contributed by atoms with van der Waals surface area (Å²) in [7, 11) is 0. The van der Waals surface area contributed by atoms with Crippen LogP contribution in [0.1, 0.15) is 18.4 Å². The molecular formula is C19H20N4O2S. The Hall–Kier alpha value is -2.67. The van der Waals surface area contributed by atoms with Crippen LogP contribution in [0.2, 0.25) is 0 Å². The number of rotatable bonds is 3. The number of carbonyl (C=O) groups is 1. The second-order valence-electron chi connectivity index (χ2n) is 6.46. The first-order valence-corrected chi connectivity index (χ1v) is 9.52. The highest BCUT2D eigenvalue weighted by Gasteiger charge is 2.25. The number of hydrogen-bond donors (Lipinski definition) is 1. The van der Waals surface area contributed by atoms with Crippen LogP contribution >= 0.6 is 11.3 Å². The number of ether oxygens (including phenoxy) is 1. The minimum absolute atomic E-state index is 0.111. The van der Waals surface area contributed by atoms with Crippen molar-refractivity contribution >= 4 is 33.5 Å². The van der Waals surface area contributed by atoms with Gasteiger partial charge in [0.25, 0.3) is 0 Å². The summed E-state index contributed by atoms with van der Waals surface area (Å²) in [4.78, 5) is 22.9. The third kappa shape index (κ3) is 3.22. The molecule has 1 aromatic carbocycles. The van der Waals surface area contributed by atoms with Crippen molar-refractivity contribution in [1.29, 1.82) is 0 Å². The Morgan fingerprint density at radius 2 is 1.96 bits per heavy atom. The standard InChI is InChI=1S/C19H20N4O2S/c1-12-11-26-16-15(12)21-17(13-5-3-2-4-6-13)22-18(16)23-9-7-14(8-10-23)25-19(20)24/h2-6,11,14H,7-10H2,1H3,(H2,20,24). The fraction of sp³-hybridized carbons (Fsp3) is 0.316. The van der Waals surface area contributed by atoms with E-state index in [0.29, 0.717) is 0 Å². The SMILES string of the molecule is Cc1csc2c(N3CCC(OC(N)=O)CC3)nc(-c3ccccc3)nc12. The number of hydrogen-bond acceptors (Lipinski definition) is 6. The summed E-state index contributed by atoms with van der Waals surface area (Å²) >= 11 is 1.68. The highest BCUT2D eigenvalue weighted by Crippen LogP contribution is 2.35. The average molecular weight is 368 g/mol. The molecule has 1 fully saturated rings. The smallest absolute Gasteiger partial charge is 0.404 e. The Bertz CT molecular complexity index is 933. The fourth-order valence-electron chi connectivity index (χ4n) is 3.30. The highest BCUT2D eigenvalue weighted by molar-refractivity contribution is 7.18. The van der Waals surface area contributed by atoms with Gasteiger partial charge in [-0.3, -0.25) is 0 Å². The second-order valence-corrected chi connectivity index (χ2v) is 7.34. The fourth-order valence-corrected chi connectivity index (χ4v) is 4.30. The van der Waals surface area contributed by atoms with E-state index in [-0.39, 0.29) is 6.10 Å². The number of primary amides is 1. The van der Waals surface area contributed by atoms with E-state index >= 15 is 0 Å². The van der Waals surface area contributed by atoms with E-state index in [1.165, 1.54) is 0 Å². The van der Waals surface area contributed by atoms with Gasteiger partial charge in [0.2, 0.25) is 0 Å². The van der Waals surface area contributed by atoms with Crippen LogP contribution in [-0.2, 0) is 4.74 Å². The molecule has 0 aliphatic carbocycles. The highest BCUT2D eigenvalue weighted by atomic mass is 32.1. The number of nitrogens with zero attached hydrogens (tertiary/aromatic N) is 3. The lowest BCUT2D eigenvalue weighted by Crippen LogP contribution is -2.39. The third-order valence-electron chi connectivity index (χ3n) is 4.63. The zero-order valence-corrected chi connectivity index (χ0v) is 15.3. The van der Waals surface area contributed by atoms with Gasteiger partial charge in [-0.05, 0) is 17.9 Å². The van der Waals surface area contributed by atoms with Crippen molar-refractivity contribution in [3.05, 3.63) is 41.3 Å². The lowest BCUT2D eigenvalue weighted by atomic mass is 10.1. The summed E-state index contributed by atoms with van der Waals surface area (Å²) in [5.41, 5.74) is 8.32. The van der Waals surface area contributed by atoms with Crippen molar-refractivity contribution in [1.82, 2.24) is 9.97 Å². The van der Waals surface area contributed by atoms with E-state index in [1.807, 2.05) is 30.3 Å². The van der Waals surface area contributed by atoms with Crippen molar-refractivity contribution < 1.29 is 9.53 Å². The zero-order valence-electron chi connectivity index (χ0n) is 14.5. The summed E-state index contributed by atoms with van der Waals surface area (Å²) in [6, 6.07) is 10.0. The van der Waals surface area contributed by atoms with Gasteiger partial charge in [0.15, 0.2) is 11.6 Å². The number of nitrogens with two attached hydrogens (primary N) is 1. The molecule has 0 spiro atoms. The Morgan fingerprint density at radius 1 is 1.23 bits per heavy atom. The van der Waals surface area contributed by atoms with Crippen LogP contribution in [0.15, 0.2) is 35.7 Å². The van der Waals surface area contributed by atoms with Gasteiger partial charge in [0, 0.05) is 31.5 Å². The van der Waals surface area contributed by atoms with Crippen molar-refractivity contribution in [3.8, 4) is 11.4 Å². The number of aryl methyl sites for hydroxylation is 1. The maximum Gasteiger partial charge on any atom is 0.404 e. The van der Waals surface area contributed by atoms with E-state index < -0.39 is 6.09 Å². The lowest BCUT2D eigenvalue weighted by molar-refractivity contribution is 0.0912. The Morgan fingerprint density at radius 3 is 2.65 bits per heavy atom. The molecule has 2 aromatic heterocycles. The van der Waals surface area contributed by atoms with Crippen molar-refractivity contribution in [2.75, 3.05) is 18.0 Å². The number of piperidine rings is 1. The number of benzene rings is 1. The molecule has 26 heavy (non-hydrogen) atoms. The predicted molar refractivity (Wildman–Crippen MR) is 103 cm³/mol. The number of aromatic nitrogens is 2. The molecule has 1 aliphatic rings. The van der Waals surface area contributed by atoms with Crippen molar-refractivity contribution in [2.45, 2.75) is 25.9 Å². The maximum atomic E-state index is 11.0. The molecule has 1 saturated heterocycles. The van der Waals surface area contributed by atoms with Gasteiger partial charge in [-0.25, -0.2) is 14.8 Å². The summed E-state index contributed by atoms with van der Waals surface area (Å²) in [5, 5.41) is 2.13. The van der Waals surface area contributed by atoms with E-state index in [2.05, 4.69) is 17.2 Å². The van der Waals surface area contributed by atoms with Crippen LogP contribution in [0.4, 0.5) is 10.6 Å². The first kappa shape index (κ1) is 16.8. The first-order valence-electron chi connectivity index (χ1n) is 8.64. The lowest BCUT2D eigenvalue weighted by Gasteiger charge is -2.32. The van der Waals surface area contributed by atoms with Crippen LogP contribution in [0.5, 0.6) is 0 Å². The van der Waals surface area contributed by atoms with Crippen LogP contribution < -0.4 is 10.6 Å². The summed E-state index contributed by atoms with van der Waals surface area (Å²) in [6.45, 7) is 3.63. The first-order chi connectivity index (χ1) is 12.6. The molecule has 6 nitrogen and oxygen atoms in total. The van der Waals surface area contributed by atoms with E-state index in [9.17, 15) is 4.79 Å². The Kier molecular flexibility index (Phi) is 4.46. The van der Waals surface area contributed by atoms with Gasteiger partial charge in [-0.1, -0.05) is 30.3 Å². The molecule has 7 heteroatoms. The Balaban J connectivity index is 1.69. The molecule has 2 N–H and O–H groups in total. The Labute approximate surface area is 155 Å². The van der Waals surface area contributed by atoms with Crippen molar-refractivity contribution in [2.24, 2.45) is 5.73 Å². The van der Waals surface area contributed by atoms with Gasteiger partial charge in [-0.15, -0.1) is 11.3 Å². The molecule has 1 aliphatic heterocycles. The molecule has 0 radical (unpaired) electrons. The van der Waals surface area contributed by atoms with Crippen LogP contribution in [0.25, 0.3) is 21.6 Å². The molecule has 1 amide bonds. The average Bonchev–Trinajstić information content (AvgIpc) is 3.03. The normalized spacial score (nSPS) is 15.3. The number of anilines is 1. The minimum atomic E-state index is -0.701. The monoisotopic (exact) mass is 368 g/mol. The van der Waals surface area contributed by atoms with E-state index in [0.717, 1.165) is 58.9 Å². The third-order valence-corrected chi connectivity index (χ3v) is 5.71. The zero-order chi connectivity index (χ0) is 18.1. The number of thiophene rings is 1. The molecule has 0 atom stereocenters. The van der Waals surface area contributed by atoms with Gasteiger partial charge in [0.05, 0.1) is 10.2 Å². The van der Waals surface area contributed by atoms with Gasteiger partial charge in [0.1, 0.15) is 6.10 Å². The van der Waals surface area contributed by atoms with Gasteiger partial charge >= 0.3 is 6.09 Å². The second kappa shape index (κ2) is 6.92. The topological polar surface area (TPSA) is 81.3 Å². The summed E-state index contributed by atoms with van der Waals surface area (Å²) in [5.74, 6) is 1.70. The van der Waals surface area contributed by atoms with Crippen molar-refractivity contribution in [3.63, 3.8) is 0 Å². The van der Waals surface area contributed by atoms with Gasteiger partial charge < -0.3 is 15.4 Å². The summed E-state index contributed by atoms with van der Waals surface area (Å²) in [6.07, 6.45) is 0.687. The number of carbonyl (C=O) groups excluding carboxylic acids is 1. The quantitative estimate of drug-likeness (QED) is 0.762. The molecule has 0 unspecified atom stereocenters. The van der Waals surface area contributed by atoms with Crippen LogP contribution in [0, 0.1) is 6.92 Å². The number of amides is 1. The van der Waals surface area contributed by atoms with E-state index in [4.69, 9.17) is 20.4 Å². The van der Waals surface area contributed by atoms with E-state index in [1.54, 1.807) is 11.3 Å². The summed E-state index contributed by atoms with van der Waals surface area (Å²) < 4.78 is 6.25. The predicted octanol–water partition coefficient (Wildman–Crippen LogP) is 3.73.